The fourth-order valence-corrected chi connectivity index (χ4v) is 6.03. The summed E-state index contributed by atoms with van der Waals surface area (Å²) in [5, 5.41) is 2.65. The molecule has 0 spiro atoms. The van der Waals surface area contributed by atoms with Crippen LogP contribution in [0, 0.1) is 5.92 Å². The Bertz CT molecular complexity index is 1010. The van der Waals surface area contributed by atoms with Crippen molar-refractivity contribution in [2.24, 2.45) is 5.92 Å². The Balaban J connectivity index is 1.61. The first kappa shape index (κ1) is 21.2. The highest BCUT2D eigenvalue weighted by molar-refractivity contribution is 7.92. The molecule has 2 heterocycles. The van der Waals surface area contributed by atoms with E-state index in [0.717, 1.165) is 12.8 Å². The van der Waals surface area contributed by atoms with E-state index in [-0.39, 0.29) is 21.1 Å². The highest BCUT2D eigenvalue weighted by Gasteiger charge is 2.38. The Hall–Kier alpha value is -2.03. The Morgan fingerprint density at radius 3 is 2.60 bits per heavy atom. The van der Waals surface area contributed by atoms with Crippen molar-refractivity contribution in [3.8, 4) is 0 Å². The van der Waals surface area contributed by atoms with Crippen LogP contribution in [0.4, 0.5) is 5.82 Å². The van der Waals surface area contributed by atoms with Gasteiger partial charge in [-0.2, -0.15) is 0 Å². The summed E-state index contributed by atoms with van der Waals surface area (Å²) in [7, 11) is -3.40. The lowest BCUT2D eigenvalue weighted by Crippen LogP contribution is -2.26. The maximum absolute atomic E-state index is 13.1. The fraction of sp³-hybridized carbons (Fsp3) is 0.476. The van der Waals surface area contributed by atoms with Crippen LogP contribution in [-0.2, 0) is 19.4 Å². The molecule has 1 aliphatic heterocycles. The quantitative estimate of drug-likeness (QED) is 0.693. The maximum atomic E-state index is 13.1. The number of ether oxygens (including phenoxy) is 1. The van der Waals surface area contributed by atoms with E-state index in [0.29, 0.717) is 49.8 Å². The third kappa shape index (κ3) is 4.82. The number of aromatic nitrogens is 2. The van der Waals surface area contributed by atoms with Crippen molar-refractivity contribution in [3.05, 3.63) is 47.4 Å². The van der Waals surface area contributed by atoms with E-state index in [4.69, 9.17) is 16.3 Å². The molecule has 9 heteroatoms. The van der Waals surface area contributed by atoms with Crippen molar-refractivity contribution in [1.82, 2.24) is 9.97 Å². The molecule has 4 rings (SSSR count). The van der Waals surface area contributed by atoms with Crippen LogP contribution in [-0.4, -0.2) is 42.8 Å². The molecule has 1 N–H and O–H groups in total. The minimum absolute atomic E-state index is 0.148. The topological polar surface area (TPSA) is 98.2 Å². The van der Waals surface area contributed by atoms with Gasteiger partial charge in [-0.1, -0.05) is 17.7 Å². The molecule has 160 valence electrons. The Kier molecular flexibility index (Phi) is 6.36. The number of benzene rings is 1. The monoisotopic (exact) mass is 449 g/mol. The van der Waals surface area contributed by atoms with Gasteiger partial charge in [0.25, 0.3) is 0 Å². The lowest BCUT2D eigenvalue weighted by molar-refractivity contribution is -0.118. The minimum atomic E-state index is -3.40. The van der Waals surface area contributed by atoms with Crippen LogP contribution in [0.1, 0.15) is 43.6 Å². The first-order chi connectivity index (χ1) is 14.4. The maximum Gasteiger partial charge on any atom is 0.233 e. The fourth-order valence-electron chi connectivity index (χ4n) is 3.81. The molecule has 1 saturated carbocycles. The van der Waals surface area contributed by atoms with E-state index < -0.39 is 15.8 Å². The number of carbonyl (C=O) groups excluding carboxylic acids is 1. The molecule has 1 amide bonds. The van der Waals surface area contributed by atoms with E-state index >= 15 is 0 Å². The largest absolute Gasteiger partial charge is 0.381 e. The average molecular weight is 450 g/mol. The van der Waals surface area contributed by atoms with Gasteiger partial charge in [0.2, 0.25) is 5.91 Å². The second-order valence-electron chi connectivity index (χ2n) is 7.86. The van der Waals surface area contributed by atoms with Crippen LogP contribution < -0.4 is 5.32 Å². The zero-order valence-corrected chi connectivity index (χ0v) is 18.0. The molecule has 0 bridgehead atoms. The molecule has 7 nitrogen and oxygen atoms in total. The predicted molar refractivity (Wildman–Crippen MR) is 113 cm³/mol. The van der Waals surface area contributed by atoms with Crippen LogP contribution in [0.5, 0.6) is 0 Å². The van der Waals surface area contributed by atoms with Crippen molar-refractivity contribution in [3.63, 3.8) is 0 Å². The molecule has 30 heavy (non-hydrogen) atoms. The number of anilines is 1. The van der Waals surface area contributed by atoms with Gasteiger partial charge < -0.3 is 10.1 Å². The zero-order valence-electron chi connectivity index (χ0n) is 16.5. The van der Waals surface area contributed by atoms with Gasteiger partial charge in [0.15, 0.2) is 15.7 Å². The van der Waals surface area contributed by atoms with Crippen molar-refractivity contribution in [1.29, 1.82) is 0 Å². The second-order valence-corrected chi connectivity index (χ2v) is 10.5. The Morgan fingerprint density at radius 2 is 1.97 bits per heavy atom. The summed E-state index contributed by atoms with van der Waals surface area (Å²) in [6.45, 7) is 1.37. The normalized spacial score (nSPS) is 18.7. The average Bonchev–Trinajstić information content (AvgIpc) is 3.59. The van der Waals surface area contributed by atoms with Crippen LogP contribution in [0.15, 0.2) is 41.7 Å². The van der Waals surface area contributed by atoms with E-state index in [1.54, 1.807) is 12.1 Å². The highest BCUT2D eigenvalue weighted by Crippen LogP contribution is 2.38. The number of sulfone groups is 1. The molecule has 2 fully saturated rings. The van der Waals surface area contributed by atoms with Crippen LogP contribution in [0.2, 0.25) is 5.02 Å². The number of halogens is 1. The van der Waals surface area contributed by atoms with Crippen molar-refractivity contribution >= 4 is 33.2 Å². The zero-order chi connectivity index (χ0) is 21.1. The molecule has 1 atom stereocenters. The molecule has 2 aliphatic rings. The summed E-state index contributed by atoms with van der Waals surface area (Å²) in [5.41, 5.74) is 0.697. The Labute approximate surface area is 181 Å². The molecule has 1 aromatic heterocycles. The summed E-state index contributed by atoms with van der Waals surface area (Å²) < 4.78 is 30.6. The van der Waals surface area contributed by atoms with Crippen molar-refractivity contribution in [2.75, 3.05) is 18.5 Å². The molecular formula is C21H24ClN3O4S. The predicted octanol–water partition coefficient (Wildman–Crippen LogP) is 3.61. The van der Waals surface area contributed by atoms with Gasteiger partial charge in [0.1, 0.15) is 0 Å². The SMILES string of the molecule is O=C(Nc1cnccn1)C(CC1CCOCC1)c1ccc(S(=O)(=O)C2CC2)c(Cl)c1. The molecule has 2 aromatic rings. The number of hydrogen-bond acceptors (Lipinski definition) is 6. The van der Waals surface area contributed by atoms with E-state index in [2.05, 4.69) is 15.3 Å². The first-order valence-corrected chi connectivity index (χ1v) is 12.1. The van der Waals surface area contributed by atoms with Gasteiger partial charge in [0, 0.05) is 25.6 Å². The molecule has 1 aromatic carbocycles. The number of nitrogens with one attached hydrogen (secondary N) is 1. The number of nitrogens with zero attached hydrogens (tertiary/aromatic N) is 2. The summed E-state index contributed by atoms with van der Waals surface area (Å²) >= 11 is 6.38. The van der Waals surface area contributed by atoms with Gasteiger partial charge in [-0.25, -0.2) is 13.4 Å². The van der Waals surface area contributed by atoms with Gasteiger partial charge in [-0.3, -0.25) is 9.78 Å². The molecular weight excluding hydrogens is 426 g/mol. The summed E-state index contributed by atoms with van der Waals surface area (Å²) in [6, 6.07) is 4.87. The summed E-state index contributed by atoms with van der Waals surface area (Å²) in [6.07, 6.45) is 8.28. The third-order valence-corrected chi connectivity index (χ3v) is 8.41. The summed E-state index contributed by atoms with van der Waals surface area (Å²) in [4.78, 5) is 21.4. The van der Waals surface area contributed by atoms with Gasteiger partial charge in [-0.05, 0) is 55.7 Å². The molecule has 1 unspecified atom stereocenters. The highest BCUT2D eigenvalue weighted by atomic mass is 35.5. The van der Waals surface area contributed by atoms with E-state index in [9.17, 15) is 13.2 Å². The van der Waals surface area contributed by atoms with Crippen molar-refractivity contribution < 1.29 is 17.9 Å². The lowest BCUT2D eigenvalue weighted by atomic mass is 9.84. The smallest absolute Gasteiger partial charge is 0.233 e. The Morgan fingerprint density at radius 1 is 1.20 bits per heavy atom. The summed E-state index contributed by atoms with van der Waals surface area (Å²) in [5.74, 6) is 0.0182. The number of carbonyl (C=O) groups is 1. The second kappa shape index (κ2) is 8.99. The van der Waals surface area contributed by atoms with E-state index in [1.165, 1.54) is 24.7 Å². The lowest BCUT2D eigenvalue weighted by Gasteiger charge is -2.26. The van der Waals surface area contributed by atoms with Crippen molar-refractivity contribution in [2.45, 2.75) is 48.2 Å². The molecule has 1 saturated heterocycles. The van der Waals surface area contributed by atoms with Crippen LogP contribution in [0.3, 0.4) is 0 Å². The first-order valence-electron chi connectivity index (χ1n) is 10.1. The van der Waals surface area contributed by atoms with Crippen LogP contribution >= 0.6 is 11.6 Å². The number of amides is 1. The minimum Gasteiger partial charge on any atom is -0.381 e. The van der Waals surface area contributed by atoms with Gasteiger partial charge in [0.05, 0.1) is 27.3 Å². The standard InChI is InChI=1S/C21H24ClN3O4S/c22-18-12-15(1-4-19(18)30(27,28)16-2-3-16)17(11-14-5-9-29-10-6-14)21(26)25-20-13-23-7-8-24-20/h1,4,7-8,12-14,16-17H,2-3,5-6,9-11H2,(H,24,25,26). The number of rotatable bonds is 7. The number of hydrogen-bond donors (Lipinski definition) is 1. The molecule has 1 aliphatic carbocycles. The third-order valence-electron chi connectivity index (χ3n) is 5.67. The van der Waals surface area contributed by atoms with Crippen LogP contribution in [0.25, 0.3) is 0 Å². The van der Waals surface area contributed by atoms with Gasteiger partial charge in [-0.15, -0.1) is 0 Å². The molecule has 0 radical (unpaired) electrons. The van der Waals surface area contributed by atoms with E-state index in [1.807, 2.05) is 0 Å². The van der Waals surface area contributed by atoms with Gasteiger partial charge >= 0.3 is 0 Å².